The summed E-state index contributed by atoms with van der Waals surface area (Å²) in [6, 6.07) is 70.9. The van der Waals surface area contributed by atoms with Crippen LogP contribution in [0.2, 0.25) is 0 Å². The molecule has 0 N–H and O–H groups in total. The van der Waals surface area contributed by atoms with Crippen LogP contribution < -0.4 is 4.90 Å². The third kappa shape index (κ3) is 4.89. The van der Waals surface area contributed by atoms with E-state index in [9.17, 15) is 0 Å². The van der Waals surface area contributed by atoms with Crippen molar-refractivity contribution in [2.75, 3.05) is 4.90 Å². The van der Waals surface area contributed by atoms with Gasteiger partial charge in [-0.25, -0.2) is 0 Å². The minimum absolute atomic E-state index is 1.12. The zero-order valence-corrected chi connectivity index (χ0v) is 29.6. The van der Waals surface area contributed by atoms with Crippen LogP contribution in [0, 0.1) is 0 Å². The van der Waals surface area contributed by atoms with Crippen LogP contribution in [0.15, 0.2) is 204 Å². The van der Waals surface area contributed by atoms with Gasteiger partial charge in [0.05, 0.1) is 16.7 Å². The molecule has 0 fully saturated rings. The van der Waals surface area contributed by atoms with Crippen molar-refractivity contribution < 1.29 is 0 Å². The average molecular weight is 693 g/mol. The summed E-state index contributed by atoms with van der Waals surface area (Å²) in [5.74, 6) is 0. The van der Waals surface area contributed by atoms with E-state index in [2.05, 4.69) is 204 Å². The molecule has 0 spiro atoms. The second-order valence-electron chi connectivity index (χ2n) is 13.8. The van der Waals surface area contributed by atoms with Crippen LogP contribution in [0.5, 0.6) is 0 Å². The molecule has 0 unspecified atom stereocenters. The Hall–Kier alpha value is -6.55. The van der Waals surface area contributed by atoms with E-state index < -0.39 is 0 Å². The molecule has 0 saturated carbocycles. The van der Waals surface area contributed by atoms with E-state index in [1.165, 1.54) is 81.1 Å². The molecule has 53 heavy (non-hydrogen) atoms. The lowest BCUT2D eigenvalue weighted by atomic mass is 9.98. The Kier molecular flexibility index (Phi) is 6.83. The fourth-order valence-corrected chi connectivity index (χ4v) is 9.36. The topological polar surface area (TPSA) is 8.17 Å². The largest absolute Gasteiger partial charge is 0.310 e. The maximum absolute atomic E-state index is 2.45. The van der Waals surface area contributed by atoms with E-state index in [4.69, 9.17) is 0 Å². The predicted octanol–water partition coefficient (Wildman–Crippen LogP) is 14.4. The van der Waals surface area contributed by atoms with Gasteiger partial charge in [0.15, 0.2) is 0 Å². The van der Waals surface area contributed by atoms with Crippen LogP contribution in [0.4, 0.5) is 17.1 Å². The number of fused-ring (bicyclic) bond motifs is 7. The highest BCUT2D eigenvalue weighted by Gasteiger charge is 2.23. The van der Waals surface area contributed by atoms with Gasteiger partial charge in [-0.1, -0.05) is 145 Å². The Morgan fingerprint density at radius 3 is 1.83 bits per heavy atom. The molecule has 9 aromatic carbocycles. The molecule has 0 aliphatic carbocycles. The smallest absolute Gasteiger partial charge is 0.0681 e. The molecule has 0 amide bonds. The Morgan fingerprint density at radius 2 is 1.00 bits per heavy atom. The molecule has 3 heteroatoms. The molecule has 2 heterocycles. The number of nitrogens with zero attached hydrogens (tertiary/aromatic N) is 2. The molecule has 1 aliphatic rings. The number of aromatic nitrogens is 1. The van der Waals surface area contributed by atoms with E-state index in [0.717, 1.165) is 17.1 Å². The van der Waals surface area contributed by atoms with Crippen LogP contribution in [0.1, 0.15) is 0 Å². The van der Waals surface area contributed by atoms with E-state index in [0.29, 0.717) is 0 Å². The molecular formula is C50H32N2S. The summed E-state index contributed by atoms with van der Waals surface area (Å²) < 4.78 is 2.45. The minimum Gasteiger partial charge on any atom is -0.310 e. The summed E-state index contributed by atoms with van der Waals surface area (Å²) >= 11 is 1.87. The van der Waals surface area contributed by atoms with Crippen molar-refractivity contribution in [2.24, 2.45) is 0 Å². The molecule has 11 rings (SSSR count). The van der Waals surface area contributed by atoms with Crippen LogP contribution in [0.3, 0.4) is 0 Å². The highest BCUT2D eigenvalue weighted by Crippen LogP contribution is 2.48. The molecule has 248 valence electrons. The first-order chi connectivity index (χ1) is 26.3. The maximum atomic E-state index is 2.45. The highest BCUT2D eigenvalue weighted by molar-refractivity contribution is 7.99. The SMILES string of the molecule is c1ccc2cc(N(c3ccc(-c4ccc5c(c4)Sc4cccc6c7ccccc7n-5c46)cc3)c3ccc(-c4cccc5ccccc45)cc3)ccc2c1. The molecule has 0 atom stereocenters. The maximum Gasteiger partial charge on any atom is 0.0681 e. The molecule has 1 aromatic heterocycles. The van der Waals surface area contributed by atoms with Crippen molar-refractivity contribution in [3.05, 3.63) is 194 Å². The minimum atomic E-state index is 1.12. The third-order valence-electron chi connectivity index (χ3n) is 10.8. The van der Waals surface area contributed by atoms with Crippen LogP contribution in [-0.2, 0) is 0 Å². The van der Waals surface area contributed by atoms with Crippen LogP contribution >= 0.6 is 11.8 Å². The summed E-state index contributed by atoms with van der Waals surface area (Å²) in [4.78, 5) is 4.94. The van der Waals surface area contributed by atoms with Gasteiger partial charge in [0.25, 0.3) is 0 Å². The number of rotatable bonds is 5. The van der Waals surface area contributed by atoms with Gasteiger partial charge in [0, 0.05) is 37.6 Å². The quantitative estimate of drug-likeness (QED) is 0.177. The Morgan fingerprint density at radius 1 is 0.377 bits per heavy atom. The summed E-state index contributed by atoms with van der Waals surface area (Å²) in [6.07, 6.45) is 0. The average Bonchev–Trinajstić information content (AvgIpc) is 3.57. The van der Waals surface area contributed by atoms with Crippen molar-refractivity contribution in [2.45, 2.75) is 9.79 Å². The van der Waals surface area contributed by atoms with E-state index in [-0.39, 0.29) is 0 Å². The number of anilines is 3. The van der Waals surface area contributed by atoms with Gasteiger partial charge in [-0.3, -0.25) is 0 Å². The Balaban J connectivity index is 0.983. The molecule has 2 nitrogen and oxygen atoms in total. The predicted molar refractivity (Wildman–Crippen MR) is 225 cm³/mol. The molecule has 0 saturated heterocycles. The first kappa shape index (κ1) is 30.1. The van der Waals surface area contributed by atoms with Gasteiger partial charge < -0.3 is 9.47 Å². The summed E-state index contributed by atoms with van der Waals surface area (Å²) in [7, 11) is 0. The normalized spacial score (nSPS) is 12.1. The number of benzene rings is 9. The number of hydrogen-bond donors (Lipinski definition) is 0. The standard InChI is InChI=1S/C50H32N2S/c1-2-11-37-31-41(29-21-33(37)9-1)51(40-27-22-36(23-28-40)43-15-7-12-35-10-3-4-13-42(35)43)39-25-19-34(20-26-39)38-24-30-47-49(32-38)53-48-18-8-16-45-44-14-5-6-17-46(44)52(47)50(45)48/h1-32H. The lowest BCUT2D eigenvalue weighted by Crippen LogP contribution is -2.09. The molecule has 0 radical (unpaired) electrons. The van der Waals surface area contributed by atoms with E-state index in [1.54, 1.807) is 0 Å². The zero-order chi connectivity index (χ0) is 34.9. The van der Waals surface area contributed by atoms with Crippen molar-refractivity contribution in [3.8, 4) is 27.9 Å². The molecule has 0 bridgehead atoms. The van der Waals surface area contributed by atoms with Crippen molar-refractivity contribution in [1.29, 1.82) is 0 Å². The monoisotopic (exact) mass is 692 g/mol. The lowest BCUT2D eigenvalue weighted by Gasteiger charge is -2.26. The fourth-order valence-electron chi connectivity index (χ4n) is 8.23. The molecule has 1 aliphatic heterocycles. The van der Waals surface area contributed by atoms with Gasteiger partial charge in [0.2, 0.25) is 0 Å². The summed E-state index contributed by atoms with van der Waals surface area (Å²) in [5, 5.41) is 7.60. The lowest BCUT2D eigenvalue weighted by molar-refractivity contribution is 1.09. The number of para-hydroxylation sites is 2. The van der Waals surface area contributed by atoms with Gasteiger partial charge in [-0.2, -0.15) is 0 Å². The molecule has 10 aromatic rings. The second-order valence-corrected chi connectivity index (χ2v) is 14.9. The number of hydrogen-bond acceptors (Lipinski definition) is 2. The van der Waals surface area contributed by atoms with Crippen LogP contribution in [0.25, 0.3) is 71.3 Å². The van der Waals surface area contributed by atoms with Crippen LogP contribution in [-0.4, -0.2) is 4.57 Å². The third-order valence-corrected chi connectivity index (χ3v) is 11.9. The van der Waals surface area contributed by atoms with E-state index >= 15 is 0 Å². The van der Waals surface area contributed by atoms with Gasteiger partial charge in [0.1, 0.15) is 0 Å². The first-order valence-electron chi connectivity index (χ1n) is 18.1. The first-order valence-corrected chi connectivity index (χ1v) is 18.9. The second kappa shape index (κ2) is 12.0. The highest BCUT2D eigenvalue weighted by atomic mass is 32.2. The van der Waals surface area contributed by atoms with Gasteiger partial charge in [-0.05, 0) is 104 Å². The van der Waals surface area contributed by atoms with Gasteiger partial charge in [-0.15, -0.1) is 0 Å². The summed E-state index contributed by atoms with van der Waals surface area (Å²) in [5.41, 5.74) is 12.0. The van der Waals surface area contributed by atoms with Crippen molar-refractivity contribution >= 4 is 72.2 Å². The summed E-state index contributed by atoms with van der Waals surface area (Å²) in [6.45, 7) is 0. The Labute approximate surface area is 312 Å². The van der Waals surface area contributed by atoms with Crippen molar-refractivity contribution in [1.82, 2.24) is 4.57 Å². The van der Waals surface area contributed by atoms with Crippen molar-refractivity contribution in [3.63, 3.8) is 0 Å². The zero-order valence-electron chi connectivity index (χ0n) is 28.8. The van der Waals surface area contributed by atoms with Gasteiger partial charge >= 0.3 is 0 Å². The molecular weight excluding hydrogens is 661 g/mol. The fraction of sp³-hybridized carbons (Fsp3) is 0. The Bertz CT molecular complexity index is 3020. The van der Waals surface area contributed by atoms with E-state index in [1.807, 2.05) is 11.8 Å².